The van der Waals surface area contributed by atoms with E-state index in [0.29, 0.717) is 23.0 Å². The van der Waals surface area contributed by atoms with Crippen molar-refractivity contribution in [2.45, 2.75) is 45.8 Å². The maximum Gasteiger partial charge on any atom is 0.224 e. The zero-order valence-corrected chi connectivity index (χ0v) is 23.3. The molecule has 0 aliphatic carbocycles. The molecular formula is C30H32N6O2S. The molecule has 1 aromatic carbocycles. The monoisotopic (exact) mass is 540 g/mol. The number of nitrogens with zero attached hydrogens (tertiary/aromatic N) is 4. The average Bonchev–Trinajstić information content (AvgIpc) is 3.45. The summed E-state index contributed by atoms with van der Waals surface area (Å²) in [5.74, 6) is 0.493. The number of anilines is 2. The normalized spacial score (nSPS) is 16.7. The van der Waals surface area contributed by atoms with Crippen molar-refractivity contribution in [3.05, 3.63) is 101 Å². The van der Waals surface area contributed by atoms with E-state index in [2.05, 4.69) is 56.0 Å². The fourth-order valence-electron chi connectivity index (χ4n) is 5.17. The predicted octanol–water partition coefficient (Wildman–Crippen LogP) is 5.48. The maximum atomic E-state index is 12.1. The molecule has 0 bridgehead atoms. The van der Waals surface area contributed by atoms with E-state index in [0.717, 1.165) is 40.4 Å². The average molecular weight is 541 g/mol. The van der Waals surface area contributed by atoms with Gasteiger partial charge in [0.15, 0.2) is 5.11 Å². The number of methoxy groups -OCH3 is 1. The first kappa shape index (κ1) is 26.4. The van der Waals surface area contributed by atoms with Crippen LogP contribution in [0.3, 0.4) is 0 Å². The molecule has 1 fully saturated rings. The molecule has 2 atom stereocenters. The van der Waals surface area contributed by atoms with Gasteiger partial charge in [-0.05, 0) is 73.6 Å². The molecule has 1 aliphatic rings. The van der Waals surface area contributed by atoms with Crippen LogP contribution >= 0.6 is 12.2 Å². The molecule has 8 nitrogen and oxygen atoms in total. The number of hydrogen-bond donors (Lipinski definition) is 2. The molecule has 200 valence electrons. The summed E-state index contributed by atoms with van der Waals surface area (Å²) in [5, 5.41) is 7.04. The van der Waals surface area contributed by atoms with Crippen molar-refractivity contribution in [2.24, 2.45) is 0 Å². The van der Waals surface area contributed by atoms with Gasteiger partial charge in [-0.3, -0.25) is 14.8 Å². The smallest absolute Gasteiger partial charge is 0.224 e. The standard InChI is InChI=1S/C30H32N6O2S/c1-5-27(37)33-24-12-11-22(16-26(24)38-4)36-29(28(34-30(36)39)25-10-6-7-14-32-25)23-15-19(2)35(20(23)3)18-21-9-8-13-31-17-21/h6-17,28-29H,5,18H2,1-4H3,(H,33,37)(H,34,39)/t28-,29-/m1/s1. The highest BCUT2D eigenvalue weighted by atomic mass is 32.1. The second kappa shape index (κ2) is 11.2. The first-order valence-electron chi connectivity index (χ1n) is 12.9. The number of hydrogen-bond acceptors (Lipinski definition) is 5. The number of carbonyl (C=O) groups is 1. The number of benzene rings is 1. The van der Waals surface area contributed by atoms with E-state index < -0.39 is 0 Å². The largest absolute Gasteiger partial charge is 0.494 e. The number of nitrogens with one attached hydrogen (secondary N) is 2. The summed E-state index contributed by atoms with van der Waals surface area (Å²) < 4.78 is 7.98. The van der Waals surface area contributed by atoms with Crippen molar-refractivity contribution in [2.75, 3.05) is 17.3 Å². The minimum atomic E-state index is -0.170. The Morgan fingerprint density at radius 1 is 1.13 bits per heavy atom. The van der Waals surface area contributed by atoms with Gasteiger partial charge in [0.2, 0.25) is 5.91 Å². The first-order chi connectivity index (χ1) is 18.9. The van der Waals surface area contributed by atoms with Crippen LogP contribution in [-0.2, 0) is 11.3 Å². The topological polar surface area (TPSA) is 84.3 Å². The molecule has 39 heavy (non-hydrogen) atoms. The Balaban J connectivity index is 1.60. The van der Waals surface area contributed by atoms with Crippen molar-refractivity contribution < 1.29 is 9.53 Å². The Kier molecular flexibility index (Phi) is 7.60. The number of amides is 1. The molecule has 0 unspecified atom stereocenters. The zero-order chi connectivity index (χ0) is 27.5. The van der Waals surface area contributed by atoms with Crippen LogP contribution in [0.5, 0.6) is 5.75 Å². The quantitative estimate of drug-likeness (QED) is 0.287. The lowest BCUT2D eigenvalue weighted by molar-refractivity contribution is -0.115. The van der Waals surface area contributed by atoms with Crippen molar-refractivity contribution in [1.29, 1.82) is 0 Å². The summed E-state index contributed by atoms with van der Waals surface area (Å²) in [6.07, 6.45) is 5.88. The third-order valence-corrected chi connectivity index (χ3v) is 7.47. The van der Waals surface area contributed by atoms with Gasteiger partial charge >= 0.3 is 0 Å². The molecule has 1 saturated heterocycles. The Morgan fingerprint density at radius 2 is 1.97 bits per heavy atom. The highest BCUT2D eigenvalue weighted by Gasteiger charge is 2.42. The van der Waals surface area contributed by atoms with Gasteiger partial charge in [0.05, 0.1) is 30.6 Å². The van der Waals surface area contributed by atoms with Gasteiger partial charge in [0.1, 0.15) is 5.75 Å². The van der Waals surface area contributed by atoms with Crippen LogP contribution in [0.1, 0.15) is 53.6 Å². The molecule has 4 aromatic rings. The lowest BCUT2D eigenvalue weighted by atomic mass is 9.96. The van der Waals surface area contributed by atoms with Crippen molar-refractivity contribution in [3.63, 3.8) is 0 Å². The fraction of sp³-hybridized carbons (Fsp3) is 0.267. The third kappa shape index (κ3) is 5.22. The number of rotatable bonds is 8. The molecule has 5 rings (SSSR count). The molecule has 4 heterocycles. The summed E-state index contributed by atoms with van der Waals surface area (Å²) in [6.45, 7) is 6.82. The predicted molar refractivity (Wildman–Crippen MR) is 157 cm³/mol. The Hall–Kier alpha value is -4.24. The number of aromatic nitrogens is 3. The molecule has 0 spiro atoms. The van der Waals surface area contributed by atoms with E-state index in [1.165, 1.54) is 0 Å². The van der Waals surface area contributed by atoms with Gasteiger partial charge in [-0.2, -0.15) is 0 Å². The van der Waals surface area contributed by atoms with Crippen LogP contribution in [0.15, 0.2) is 73.2 Å². The summed E-state index contributed by atoms with van der Waals surface area (Å²) in [6, 6.07) is 17.6. The van der Waals surface area contributed by atoms with Gasteiger partial charge < -0.3 is 24.8 Å². The SMILES string of the molecule is CCC(=O)Nc1ccc(N2C(=S)N[C@H](c3ccccn3)[C@H]2c2cc(C)n(Cc3cccnc3)c2C)cc1OC. The Morgan fingerprint density at radius 3 is 2.67 bits per heavy atom. The zero-order valence-electron chi connectivity index (χ0n) is 22.5. The summed E-state index contributed by atoms with van der Waals surface area (Å²) in [4.78, 5) is 23.2. The summed E-state index contributed by atoms with van der Waals surface area (Å²) in [5.41, 5.74) is 6.98. The highest BCUT2D eigenvalue weighted by Crippen LogP contribution is 2.44. The summed E-state index contributed by atoms with van der Waals surface area (Å²) in [7, 11) is 1.60. The van der Waals surface area contributed by atoms with Crippen molar-refractivity contribution in [3.8, 4) is 5.75 Å². The van der Waals surface area contributed by atoms with Crippen LogP contribution in [0.25, 0.3) is 0 Å². The fourth-order valence-corrected chi connectivity index (χ4v) is 5.51. The van der Waals surface area contributed by atoms with Crippen LogP contribution in [-0.4, -0.2) is 32.7 Å². The van der Waals surface area contributed by atoms with Gasteiger partial charge in [-0.1, -0.05) is 19.1 Å². The molecule has 3 aromatic heterocycles. The second-order valence-corrected chi connectivity index (χ2v) is 9.94. The molecule has 2 N–H and O–H groups in total. The molecule has 0 radical (unpaired) electrons. The molecule has 1 aliphatic heterocycles. The molecule has 9 heteroatoms. The number of aryl methyl sites for hydroxylation is 1. The van der Waals surface area contributed by atoms with E-state index >= 15 is 0 Å². The third-order valence-electron chi connectivity index (χ3n) is 7.15. The minimum absolute atomic E-state index is 0.0754. The Labute approximate surface area is 234 Å². The van der Waals surface area contributed by atoms with Crippen LogP contribution in [0.2, 0.25) is 0 Å². The number of pyridine rings is 2. The van der Waals surface area contributed by atoms with Gasteiger partial charge in [0.25, 0.3) is 0 Å². The molecule has 0 saturated carbocycles. The highest BCUT2D eigenvalue weighted by molar-refractivity contribution is 7.80. The lowest BCUT2D eigenvalue weighted by Crippen LogP contribution is -2.29. The van der Waals surface area contributed by atoms with Crippen molar-refractivity contribution in [1.82, 2.24) is 19.9 Å². The molecular weight excluding hydrogens is 508 g/mol. The maximum absolute atomic E-state index is 12.1. The first-order valence-corrected chi connectivity index (χ1v) is 13.4. The summed E-state index contributed by atoms with van der Waals surface area (Å²) >= 11 is 5.93. The van der Waals surface area contributed by atoms with E-state index in [9.17, 15) is 4.79 Å². The number of thiocarbonyl (C=S) groups is 1. The molecule has 1 amide bonds. The van der Waals surface area contributed by atoms with Crippen LogP contribution < -0.4 is 20.3 Å². The van der Waals surface area contributed by atoms with E-state index in [-0.39, 0.29) is 18.0 Å². The second-order valence-electron chi connectivity index (χ2n) is 9.56. The minimum Gasteiger partial charge on any atom is -0.494 e. The van der Waals surface area contributed by atoms with Gasteiger partial charge in [-0.25, -0.2) is 0 Å². The van der Waals surface area contributed by atoms with Gasteiger partial charge in [-0.15, -0.1) is 0 Å². The van der Waals surface area contributed by atoms with Crippen molar-refractivity contribution >= 4 is 34.6 Å². The van der Waals surface area contributed by atoms with Gasteiger partial charge in [0, 0.05) is 54.7 Å². The van der Waals surface area contributed by atoms with Crippen LogP contribution in [0, 0.1) is 13.8 Å². The number of carbonyl (C=O) groups excluding carboxylic acids is 1. The van der Waals surface area contributed by atoms with Crippen LogP contribution in [0.4, 0.5) is 11.4 Å². The van der Waals surface area contributed by atoms with E-state index in [4.69, 9.17) is 17.0 Å². The van der Waals surface area contributed by atoms with E-state index in [1.54, 1.807) is 19.5 Å². The number of ether oxygens (including phenoxy) is 1. The van der Waals surface area contributed by atoms with E-state index in [1.807, 2.05) is 55.6 Å². The lowest BCUT2D eigenvalue weighted by Gasteiger charge is -2.29. The Bertz CT molecular complexity index is 1490.